The van der Waals surface area contributed by atoms with Gasteiger partial charge in [0, 0.05) is 21.2 Å². The van der Waals surface area contributed by atoms with E-state index in [9.17, 15) is 3.89 Å². The highest BCUT2D eigenvalue weighted by Crippen LogP contribution is 1.91. The molecule has 1 unspecified atom stereocenters. The van der Waals surface area contributed by atoms with Crippen LogP contribution in [0.25, 0.3) is 0 Å². The summed E-state index contributed by atoms with van der Waals surface area (Å²) in [5, 5.41) is 0. The molecule has 0 aromatic heterocycles. The molecule has 0 radical (unpaired) electrons. The second-order valence-electron chi connectivity index (χ2n) is 0.213. The number of nitrogens with one attached hydrogen (secondary N) is 1. The molecule has 0 aromatic rings. The van der Waals surface area contributed by atoms with E-state index in [-0.39, 0.29) is 0 Å². The first-order chi connectivity index (χ1) is 1.73. The van der Waals surface area contributed by atoms with Crippen LogP contribution in [-0.2, 0) is 8.25 Å². The molecule has 1 N–H and O–H groups in total. The molecular weight excluding hydrogens is 192 g/mol. The predicted molar refractivity (Wildman–Crippen MR) is 25.2 cm³/mol. The molecule has 0 aliphatic rings. The van der Waals surface area contributed by atoms with Crippen molar-refractivity contribution in [3.8, 4) is 0 Å². The maximum Gasteiger partial charge on any atom is 0.138 e. The van der Waals surface area contributed by atoms with Crippen molar-refractivity contribution in [3.05, 3.63) is 0 Å². The SMILES string of the molecule is N=S(F)I. The molecular formula is HFINS. The fraction of sp³-hybridized carbons (Fsp3) is 0. The van der Waals surface area contributed by atoms with E-state index in [1.54, 1.807) is 0 Å². The lowest BCUT2D eigenvalue weighted by Crippen LogP contribution is -1.36. The molecule has 0 saturated heterocycles. The van der Waals surface area contributed by atoms with Gasteiger partial charge in [0.1, 0.15) is 8.25 Å². The van der Waals surface area contributed by atoms with E-state index < -0.39 is 8.25 Å². The smallest absolute Gasteiger partial charge is 0.138 e. The van der Waals surface area contributed by atoms with Gasteiger partial charge in [0.05, 0.1) is 0 Å². The van der Waals surface area contributed by atoms with Gasteiger partial charge in [-0.25, -0.2) is 4.78 Å². The topological polar surface area (TPSA) is 23.9 Å². The van der Waals surface area contributed by atoms with Gasteiger partial charge in [-0.1, -0.05) is 0 Å². The Kier molecular flexibility index (Phi) is 2.49. The largest absolute Gasteiger partial charge is 0.242 e. The summed E-state index contributed by atoms with van der Waals surface area (Å²) in [5.41, 5.74) is 0. The van der Waals surface area contributed by atoms with E-state index in [1.165, 1.54) is 21.2 Å². The zero-order valence-corrected chi connectivity index (χ0v) is 4.64. The van der Waals surface area contributed by atoms with Crippen molar-refractivity contribution < 1.29 is 3.89 Å². The predicted octanol–water partition coefficient (Wildman–Crippen LogP) is 1.60. The van der Waals surface area contributed by atoms with Gasteiger partial charge in [-0.05, 0) is 0 Å². The third-order valence-corrected chi connectivity index (χ3v) is 0. The highest BCUT2D eigenvalue weighted by atomic mass is 127. The number of halogens is 2. The van der Waals surface area contributed by atoms with E-state index in [0.717, 1.165) is 0 Å². The van der Waals surface area contributed by atoms with Crippen LogP contribution in [0.5, 0.6) is 0 Å². The number of hydrogen-bond donors (Lipinski definition) is 1. The number of rotatable bonds is 0. The average molecular weight is 193 g/mol. The summed E-state index contributed by atoms with van der Waals surface area (Å²) >= 11 is 1.37. The van der Waals surface area contributed by atoms with Gasteiger partial charge in [0.2, 0.25) is 0 Å². The van der Waals surface area contributed by atoms with Crippen molar-refractivity contribution in [1.29, 1.82) is 4.78 Å². The molecule has 0 bridgehead atoms. The van der Waals surface area contributed by atoms with E-state index in [2.05, 4.69) is 0 Å². The van der Waals surface area contributed by atoms with Crippen molar-refractivity contribution in [1.82, 2.24) is 0 Å². The lowest BCUT2D eigenvalue weighted by molar-refractivity contribution is 0.934. The molecule has 0 amide bonds. The zero-order chi connectivity index (χ0) is 3.58. The average Bonchev–Trinajstić information content (AvgIpc) is 0.811. The van der Waals surface area contributed by atoms with E-state index in [4.69, 9.17) is 4.78 Å². The van der Waals surface area contributed by atoms with Crippen molar-refractivity contribution in [2.75, 3.05) is 0 Å². The standard InChI is InChI=1S/FHINS/c1-4(2)3/h3H. The third-order valence-electron chi connectivity index (χ3n) is 0. The van der Waals surface area contributed by atoms with Crippen LogP contribution in [0.15, 0.2) is 0 Å². The Labute approximate surface area is 38.4 Å². The molecule has 0 fully saturated rings. The Morgan fingerprint density at radius 3 is 2.00 bits per heavy atom. The molecule has 0 aliphatic carbocycles. The molecule has 0 aliphatic heterocycles. The molecule has 4 heteroatoms. The Morgan fingerprint density at radius 1 is 2.00 bits per heavy atom. The van der Waals surface area contributed by atoms with Gasteiger partial charge in [-0.2, -0.15) is 0 Å². The Bertz CT molecular complexity index is 31.0. The summed E-state index contributed by atoms with van der Waals surface area (Å²) in [6.45, 7) is 0. The minimum atomic E-state index is -1.64. The molecule has 1 nitrogen and oxygen atoms in total. The lowest BCUT2D eigenvalue weighted by atomic mass is 14.0. The Morgan fingerprint density at radius 2 is 2.00 bits per heavy atom. The molecule has 0 heterocycles. The summed E-state index contributed by atoms with van der Waals surface area (Å²) in [5.74, 6) is 0. The summed E-state index contributed by atoms with van der Waals surface area (Å²) < 4.78 is 16.6. The van der Waals surface area contributed by atoms with Crippen molar-refractivity contribution in [2.45, 2.75) is 0 Å². The Balaban J connectivity index is 2.80. The van der Waals surface area contributed by atoms with Crippen LogP contribution in [0.2, 0.25) is 0 Å². The summed E-state index contributed by atoms with van der Waals surface area (Å²) in [6, 6.07) is 0. The van der Waals surface area contributed by atoms with Crippen LogP contribution in [0.3, 0.4) is 0 Å². The molecule has 26 valence electrons. The molecule has 0 rings (SSSR count). The highest BCUT2D eigenvalue weighted by Gasteiger charge is 1.62. The van der Waals surface area contributed by atoms with Gasteiger partial charge in [-0.3, -0.25) is 0 Å². The quantitative estimate of drug-likeness (QED) is 0.565. The van der Waals surface area contributed by atoms with Gasteiger partial charge >= 0.3 is 0 Å². The monoisotopic (exact) mass is 193 g/mol. The highest BCUT2D eigenvalue weighted by molar-refractivity contribution is 14.2. The van der Waals surface area contributed by atoms with Crippen LogP contribution in [0.1, 0.15) is 0 Å². The van der Waals surface area contributed by atoms with Gasteiger partial charge in [0.25, 0.3) is 0 Å². The van der Waals surface area contributed by atoms with Gasteiger partial charge in [0.15, 0.2) is 0 Å². The van der Waals surface area contributed by atoms with Crippen LogP contribution in [0, 0.1) is 4.78 Å². The van der Waals surface area contributed by atoms with E-state index in [1.807, 2.05) is 0 Å². The van der Waals surface area contributed by atoms with Crippen LogP contribution < -0.4 is 0 Å². The van der Waals surface area contributed by atoms with E-state index >= 15 is 0 Å². The maximum absolute atomic E-state index is 10.7. The number of hydrogen-bond acceptors (Lipinski definition) is 1. The first-order valence-electron chi connectivity index (χ1n) is 0.513. The molecule has 0 saturated carbocycles. The fourth-order valence-corrected chi connectivity index (χ4v) is 0. The summed E-state index contributed by atoms with van der Waals surface area (Å²) in [6.07, 6.45) is 0. The first-order valence-corrected chi connectivity index (χ1v) is 4.18. The molecule has 4 heavy (non-hydrogen) atoms. The maximum atomic E-state index is 10.7. The lowest BCUT2D eigenvalue weighted by Gasteiger charge is -1.56. The minimum absolute atomic E-state index is 1.37. The second-order valence-corrected chi connectivity index (χ2v) is 2.96. The third kappa shape index (κ3) is 14.0. The van der Waals surface area contributed by atoms with Gasteiger partial charge < -0.3 is 0 Å². The minimum Gasteiger partial charge on any atom is -0.242 e. The normalized spacial score (nSPS) is 15.5. The summed E-state index contributed by atoms with van der Waals surface area (Å²) in [4.78, 5) is 0. The molecule has 1 atom stereocenters. The van der Waals surface area contributed by atoms with E-state index in [0.29, 0.717) is 0 Å². The van der Waals surface area contributed by atoms with Crippen molar-refractivity contribution >= 4 is 29.5 Å². The van der Waals surface area contributed by atoms with Crippen LogP contribution in [-0.4, -0.2) is 0 Å². The van der Waals surface area contributed by atoms with Crippen LogP contribution in [0.4, 0.5) is 3.89 Å². The Hall–Kier alpha value is 0.810. The molecule has 0 spiro atoms. The summed E-state index contributed by atoms with van der Waals surface area (Å²) in [7, 11) is -1.64. The fourth-order valence-electron chi connectivity index (χ4n) is 0. The molecule has 0 aromatic carbocycles. The zero-order valence-electron chi connectivity index (χ0n) is 1.66. The van der Waals surface area contributed by atoms with Gasteiger partial charge in [-0.15, -0.1) is 3.89 Å². The first kappa shape index (κ1) is 4.81. The van der Waals surface area contributed by atoms with Crippen LogP contribution >= 0.6 is 21.2 Å². The van der Waals surface area contributed by atoms with Crippen molar-refractivity contribution in [2.24, 2.45) is 0 Å². The second kappa shape index (κ2) is 2.07. The van der Waals surface area contributed by atoms with Crippen molar-refractivity contribution in [3.63, 3.8) is 0 Å².